The third kappa shape index (κ3) is 11.1. The predicted octanol–water partition coefficient (Wildman–Crippen LogP) is 3.18. The summed E-state index contributed by atoms with van der Waals surface area (Å²) in [6, 6.07) is 2.35. The van der Waals surface area contributed by atoms with Crippen LogP contribution in [0.15, 0.2) is 36.7 Å². The number of carbonyl (C=O) groups is 2. The van der Waals surface area contributed by atoms with Crippen LogP contribution in [-0.4, -0.2) is 83.4 Å². The zero-order valence-electron chi connectivity index (χ0n) is 23.4. The minimum atomic E-state index is -0.596. The Morgan fingerprint density at radius 3 is 2.67 bits per heavy atom. The number of nitrogens with one attached hydrogen (secondary N) is 3. The maximum atomic E-state index is 13.4. The van der Waals surface area contributed by atoms with Crippen LogP contribution in [0.3, 0.4) is 0 Å². The van der Waals surface area contributed by atoms with Crippen LogP contribution >= 0.6 is 0 Å². The molecule has 2 aromatic heterocycles. The van der Waals surface area contributed by atoms with Crippen molar-refractivity contribution in [2.45, 2.75) is 45.6 Å². The van der Waals surface area contributed by atoms with Crippen molar-refractivity contribution in [3.05, 3.63) is 48.2 Å². The van der Waals surface area contributed by atoms with Crippen molar-refractivity contribution in [2.75, 3.05) is 51.4 Å². The number of aromatic nitrogens is 3. The van der Waals surface area contributed by atoms with Crippen LogP contribution in [0.1, 0.15) is 45.1 Å². The molecule has 2 aromatic rings. The van der Waals surface area contributed by atoms with Gasteiger partial charge in [-0.05, 0) is 39.4 Å². The summed E-state index contributed by atoms with van der Waals surface area (Å²) >= 11 is 0. The van der Waals surface area contributed by atoms with E-state index in [-0.39, 0.29) is 11.8 Å². The van der Waals surface area contributed by atoms with E-state index in [0.29, 0.717) is 61.9 Å². The molecule has 0 bridgehead atoms. The van der Waals surface area contributed by atoms with Crippen LogP contribution in [0, 0.1) is 17.8 Å². The highest BCUT2D eigenvalue weighted by Gasteiger charge is 2.23. The molecule has 39 heavy (non-hydrogen) atoms. The van der Waals surface area contributed by atoms with Gasteiger partial charge in [0.15, 0.2) is 0 Å². The van der Waals surface area contributed by atoms with Crippen molar-refractivity contribution in [2.24, 2.45) is 0 Å². The largest absolute Gasteiger partial charge is 0.369 e. The van der Waals surface area contributed by atoms with Crippen molar-refractivity contribution >= 4 is 29.3 Å². The number of carbonyl (C=O) groups excluding carboxylic acids is 2. The summed E-state index contributed by atoms with van der Waals surface area (Å²) in [5.41, 5.74) is 1.14. The van der Waals surface area contributed by atoms with E-state index in [2.05, 4.69) is 42.7 Å². The number of hydrogen-bond donors (Lipinski definition) is 3. The van der Waals surface area contributed by atoms with Crippen LogP contribution in [0.2, 0.25) is 0 Å². The second-order valence-electron chi connectivity index (χ2n) is 9.11. The van der Waals surface area contributed by atoms with Crippen LogP contribution in [0.5, 0.6) is 0 Å². The predicted molar refractivity (Wildman–Crippen MR) is 152 cm³/mol. The van der Waals surface area contributed by atoms with Crippen molar-refractivity contribution in [3.8, 4) is 11.8 Å². The van der Waals surface area contributed by atoms with Gasteiger partial charge in [0.1, 0.15) is 11.9 Å². The molecular weight excluding hydrogens is 499 g/mol. The molecule has 2 rings (SSSR count). The number of rotatable bonds is 14. The van der Waals surface area contributed by atoms with Crippen LogP contribution in [-0.2, 0) is 9.59 Å². The van der Waals surface area contributed by atoms with E-state index in [9.17, 15) is 14.0 Å². The van der Waals surface area contributed by atoms with Gasteiger partial charge in [-0.1, -0.05) is 31.8 Å². The molecule has 1 atom stereocenters. The number of nitrogens with zero attached hydrogens (tertiary/aromatic N) is 5. The standard InChI is InChI=1S/C28H39FN8O2/c1-6-15-31-26-21(20-33-28(35-26)34-22-14-17-30-24(29)19-22)12-9-8-10-16-32-27(39)23(7-2)37(5)25(38)13-11-18-36(3)4/h11,13-14,17,19-20,23H,6-8,10,15-16,18H2,1-5H3,(H,32,39)(H2,30,31,33,34,35)/b13-11+/t23-/m0/s1. The van der Waals surface area contributed by atoms with Gasteiger partial charge in [-0.25, -0.2) is 9.97 Å². The van der Waals surface area contributed by atoms with Gasteiger partial charge in [-0.3, -0.25) is 9.59 Å². The molecular formula is C28H39FN8O2. The average Bonchev–Trinajstić information content (AvgIpc) is 2.90. The first-order valence-corrected chi connectivity index (χ1v) is 13.1. The van der Waals surface area contributed by atoms with Crippen molar-refractivity contribution in [1.29, 1.82) is 0 Å². The van der Waals surface area contributed by atoms with Gasteiger partial charge in [0, 0.05) is 57.1 Å². The molecule has 10 nitrogen and oxygen atoms in total. The zero-order valence-corrected chi connectivity index (χ0v) is 23.4. The Balaban J connectivity index is 1.90. The monoisotopic (exact) mass is 538 g/mol. The number of amides is 2. The van der Waals surface area contributed by atoms with E-state index in [1.165, 1.54) is 23.2 Å². The number of hydrogen-bond acceptors (Lipinski definition) is 8. The molecule has 0 aromatic carbocycles. The van der Waals surface area contributed by atoms with Gasteiger partial charge in [0.05, 0.1) is 11.8 Å². The van der Waals surface area contributed by atoms with E-state index < -0.39 is 12.0 Å². The third-order valence-electron chi connectivity index (χ3n) is 5.55. The van der Waals surface area contributed by atoms with Crippen LogP contribution in [0.4, 0.5) is 21.8 Å². The summed E-state index contributed by atoms with van der Waals surface area (Å²) in [6.45, 7) is 5.74. The van der Waals surface area contributed by atoms with Gasteiger partial charge in [-0.2, -0.15) is 9.37 Å². The Morgan fingerprint density at radius 2 is 1.97 bits per heavy atom. The van der Waals surface area contributed by atoms with Gasteiger partial charge in [-0.15, -0.1) is 0 Å². The summed E-state index contributed by atoms with van der Waals surface area (Å²) in [6.07, 6.45) is 8.89. The summed E-state index contributed by atoms with van der Waals surface area (Å²) < 4.78 is 13.4. The lowest BCUT2D eigenvalue weighted by atomic mass is 10.1. The minimum absolute atomic E-state index is 0.182. The first-order chi connectivity index (χ1) is 18.7. The highest BCUT2D eigenvalue weighted by atomic mass is 19.1. The number of likely N-dealkylation sites (N-methyl/N-ethyl adjacent to an activating group) is 2. The fraction of sp³-hybridized carbons (Fsp3) is 0.464. The van der Waals surface area contributed by atoms with Crippen molar-refractivity contribution in [1.82, 2.24) is 30.1 Å². The molecule has 2 amide bonds. The molecule has 0 aliphatic carbocycles. The molecule has 210 valence electrons. The van der Waals surface area contributed by atoms with Crippen molar-refractivity contribution in [3.63, 3.8) is 0 Å². The highest BCUT2D eigenvalue weighted by molar-refractivity contribution is 5.92. The smallest absolute Gasteiger partial charge is 0.246 e. The maximum Gasteiger partial charge on any atom is 0.246 e. The zero-order chi connectivity index (χ0) is 28.6. The molecule has 3 N–H and O–H groups in total. The van der Waals surface area contributed by atoms with Gasteiger partial charge in [0.25, 0.3) is 0 Å². The Morgan fingerprint density at radius 1 is 1.18 bits per heavy atom. The van der Waals surface area contributed by atoms with E-state index >= 15 is 0 Å². The molecule has 0 radical (unpaired) electrons. The first-order valence-electron chi connectivity index (χ1n) is 13.1. The summed E-state index contributed by atoms with van der Waals surface area (Å²) in [5, 5.41) is 9.12. The number of halogens is 1. The molecule has 2 heterocycles. The Kier molecular flexibility index (Phi) is 13.4. The second-order valence-corrected chi connectivity index (χ2v) is 9.11. The summed E-state index contributed by atoms with van der Waals surface area (Å²) in [7, 11) is 5.48. The van der Waals surface area contributed by atoms with Crippen molar-refractivity contribution < 1.29 is 14.0 Å². The molecule has 0 aliphatic rings. The van der Waals surface area contributed by atoms with Crippen LogP contribution < -0.4 is 16.0 Å². The lowest BCUT2D eigenvalue weighted by Gasteiger charge is -2.25. The average molecular weight is 539 g/mol. The molecule has 0 aliphatic heterocycles. The number of unbranched alkanes of at least 4 members (excludes halogenated alkanes) is 1. The Hall–Kier alpha value is -4.04. The fourth-order valence-electron chi connectivity index (χ4n) is 3.46. The highest BCUT2D eigenvalue weighted by Crippen LogP contribution is 2.17. The Labute approximate surface area is 230 Å². The number of anilines is 3. The van der Waals surface area contributed by atoms with Crippen LogP contribution in [0.25, 0.3) is 0 Å². The molecule has 11 heteroatoms. The molecule has 0 saturated carbocycles. The second kappa shape index (κ2) is 16.7. The van der Waals surface area contributed by atoms with Gasteiger partial charge < -0.3 is 25.8 Å². The summed E-state index contributed by atoms with van der Waals surface area (Å²) in [4.78, 5) is 40.8. The van der Waals surface area contributed by atoms with E-state index in [1.54, 1.807) is 25.4 Å². The minimum Gasteiger partial charge on any atom is -0.369 e. The van der Waals surface area contributed by atoms with Gasteiger partial charge >= 0.3 is 0 Å². The van der Waals surface area contributed by atoms with E-state index in [4.69, 9.17) is 0 Å². The maximum absolute atomic E-state index is 13.4. The Bertz CT molecular complexity index is 1180. The van der Waals surface area contributed by atoms with Gasteiger partial charge in [0.2, 0.25) is 23.7 Å². The van der Waals surface area contributed by atoms with E-state index in [1.807, 2.05) is 32.8 Å². The SMILES string of the molecule is CCCNc1nc(Nc2ccnc(F)c2)ncc1C#CCCCNC(=O)[C@H](CC)N(C)C(=O)/C=C/CN(C)C. The summed E-state index contributed by atoms with van der Waals surface area (Å²) in [5.74, 6) is 6.12. The first kappa shape index (κ1) is 31.2. The molecule has 0 fully saturated rings. The molecule has 0 spiro atoms. The quantitative estimate of drug-likeness (QED) is 0.145. The number of pyridine rings is 1. The fourth-order valence-corrected chi connectivity index (χ4v) is 3.46. The lowest BCUT2D eigenvalue weighted by molar-refractivity contribution is -0.135. The third-order valence-corrected chi connectivity index (χ3v) is 5.55. The topological polar surface area (TPSA) is 115 Å². The van der Waals surface area contributed by atoms with E-state index in [0.717, 1.165) is 6.42 Å². The lowest BCUT2D eigenvalue weighted by Crippen LogP contribution is -2.47. The molecule has 0 saturated heterocycles. The molecule has 0 unspecified atom stereocenters. The normalized spacial score (nSPS) is 11.6.